The number of halogens is 3. The van der Waals surface area contributed by atoms with E-state index in [1.807, 2.05) is 29.2 Å². The van der Waals surface area contributed by atoms with E-state index in [0.29, 0.717) is 31.8 Å². The summed E-state index contributed by atoms with van der Waals surface area (Å²) < 4.78 is 0. The molecule has 1 saturated heterocycles. The van der Waals surface area contributed by atoms with Gasteiger partial charge in [0.25, 0.3) is 0 Å². The average Bonchev–Trinajstić information content (AvgIpc) is 3.26. The minimum Gasteiger partial charge on any atom is -0.352 e. The number of hydrogen-bond acceptors (Lipinski definition) is 4. The van der Waals surface area contributed by atoms with E-state index >= 15 is 0 Å². The topological polar surface area (TPSA) is 54.5 Å². The molecule has 2 aliphatic heterocycles. The highest BCUT2D eigenvalue weighted by molar-refractivity contribution is 6.36. The largest absolute Gasteiger partial charge is 0.352 e. The quantitative estimate of drug-likeness (QED) is 0.353. The lowest BCUT2D eigenvalue weighted by molar-refractivity contribution is -0.118. The van der Waals surface area contributed by atoms with Crippen LogP contribution in [-0.2, 0) is 4.79 Å². The Bertz CT molecular complexity index is 1460. The van der Waals surface area contributed by atoms with Crippen molar-refractivity contribution in [2.45, 2.75) is 24.9 Å². The third kappa shape index (κ3) is 2.91. The second-order valence-corrected chi connectivity index (χ2v) is 10.5. The summed E-state index contributed by atoms with van der Waals surface area (Å²) in [7, 11) is 0. The zero-order valence-electron chi connectivity index (χ0n) is 18.5. The van der Waals surface area contributed by atoms with Crippen molar-refractivity contribution in [3.05, 3.63) is 104 Å². The number of ketones is 3. The maximum absolute atomic E-state index is 14.3. The fraction of sp³-hybridized carbons (Fsp3) is 0.179. The molecular formula is C28H18Cl3NO3. The maximum Gasteiger partial charge on any atom is 0.180 e. The van der Waals surface area contributed by atoms with Crippen molar-refractivity contribution in [1.82, 2.24) is 0 Å². The SMILES string of the molecule is CC(=O)[C@H]1[C@H](c2ccc(Cl)cc2Cl)C2(C(=O)c3ccccc3C2=O)[C@@H]2C=Cc3cc(Cl)ccc3N21. The zero-order valence-corrected chi connectivity index (χ0v) is 20.7. The Morgan fingerprint density at radius 3 is 2.14 bits per heavy atom. The van der Waals surface area contributed by atoms with Crippen LogP contribution in [0.1, 0.15) is 44.7 Å². The van der Waals surface area contributed by atoms with Crippen LogP contribution in [0.3, 0.4) is 0 Å². The van der Waals surface area contributed by atoms with E-state index in [1.54, 1.807) is 48.5 Å². The van der Waals surface area contributed by atoms with Gasteiger partial charge in [-0.25, -0.2) is 0 Å². The fourth-order valence-corrected chi connectivity index (χ4v) is 6.90. The van der Waals surface area contributed by atoms with Gasteiger partial charge in [0.15, 0.2) is 17.3 Å². The number of benzene rings is 3. The second kappa shape index (κ2) is 7.79. The summed E-state index contributed by atoms with van der Waals surface area (Å²) in [5, 5.41) is 1.29. The Balaban J connectivity index is 1.70. The van der Waals surface area contributed by atoms with Crippen molar-refractivity contribution in [2.75, 3.05) is 4.90 Å². The number of Topliss-reactive ketones (excluding diaryl/α,β-unsaturated/α-hetero) is 3. The minimum absolute atomic E-state index is 0.171. The van der Waals surface area contributed by atoms with E-state index in [-0.39, 0.29) is 17.3 Å². The summed E-state index contributed by atoms with van der Waals surface area (Å²) >= 11 is 19.1. The van der Waals surface area contributed by atoms with Gasteiger partial charge in [0.2, 0.25) is 0 Å². The van der Waals surface area contributed by atoms with Crippen molar-refractivity contribution < 1.29 is 14.4 Å². The number of hydrogen-bond donors (Lipinski definition) is 0. The Kier molecular flexibility index (Phi) is 5.02. The molecule has 35 heavy (non-hydrogen) atoms. The maximum atomic E-state index is 14.3. The summed E-state index contributed by atoms with van der Waals surface area (Å²) in [6.45, 7) is 1.49. The first-order valence-corrected chi connectivity index (χ1v) is 12.3. The van der Waals surface area contributed by atoms with E-state index in [1.165, 1.54) is 6.92 Å². The molecule has 0 unspecified atom stereocenters. The highest BCUT2D eigenvalue weighted by Crippen LogP contribution is 2.61. The van der Waals surface area contributed by atoms with Gasteiger partial charge in [-0.1, -0.05) is 77.3 Å². The van der Waals surface area contributed by atoms with Gasteiger partial charge in [0.05, 0.1) is 12.1 Å². The van der Waals surface area contributed by atoms with Crippen LogP contribution in [-0.4, -0.2) is 29.4 Å². The Labute approximate surface area is 217 Å². The normalized spacial score (nSPS) is 23.4. The lowest BCUT2D eigenvalue weighted by atomic mass is 9.64. The lowest BCUT2D eigenvalue weighted by Gasteiger charge is -2.37. The lowest BCUT2D eigenvalue weighted by Crippen LogP contribution is -2.48. The molecule has 4 nitrogen and oxygen atoms in total. The predicted molar refractivity (Wildman–Crippen MR) is 138 cm³/mol. The molecule has 0 amide bonds. The molecule has 1 spiro atoms. The molecule has 174 valence electrons. The van der Waals surface area contributed by atoms with Gasteiger partial charge in [-0.05, 0) is 48.4 Å². The van der Waals surface area contributed by atoms with Crippen LogP contribution in [0.5, 0.6) is 0 Å². The van der Waals surface area contributed by atoms with Crippen molar-refractivity contribution >= 4 is 63.9 Å². The van der Waals surface area contributed by atoms with Crippen LogP contribution >= 0.6 is 34.8 Å². The Hall–Kier alpha value is -2.92. The monoisotopic (exact) mass is 521 g/mol. The molecule has 7 heteroatoms. The molecule has 0 saturated carbocycles. The zero-order chi connectivity index (χ0) is 24.6. The molecule has 0 bridgehead atoms. The van der Waals surface area contributed by atoms with E-state index in [2.05, 4.69) is 0 Å². The molecule has 3 aliphatic rings. The highest BCUT2D eigenvalue weighted by atomic mass is 35.5. The Morgan fingerprint density at radius 2 is 1.51 bits per heavy atom. The Morgan fingerprint density at radius 1 is 0.886 bits per heavy atom. The molecule has 3 aromatic carbocycles. The van der Waals surface area contributed by atoms with E-state index < -0.39 is 23.4 Å². The van der Waals surface area contributed by atoms with Crippen LogP contribution in [0, 0.1) is 5.41 Å². The third-order valence-electron chi connectivity index (χ3n) is 7.48. The molecule has 6 rings (SSSR count). The van der Waals surface area contributed by atoms with Crippen LogP contribution in [0.25, 0.3) is 6.08 Å². The summed E-state index contributed by atoms with van der Waals surface area (Å²) in [6, 6.07) is 15.7. The van der Waals surface area contributed by atoms with E-state index in [4.69, 9.17) is 34.8 Å². The minimum atomic E-state index is -1.56. The van der Waals surface area contributed by atoms with Gasteiger partial charge in [0.1, 0.15) is 5.41 Å². The van der Waals surface area contributed by atoms with Gasteiger partial charge < -0.3 is 4.90 Å². The molecule has 0 aromatic heterocycles. The molecule has 1 aliphatic carbocycles. The van der Waals surface area contributed by atoms with Gasteiger partial charge >= 0.3 is 0 Å². The molecule has 3 atom stereocenters. The van der Waals surface area contributed by atoms with E-state index in [0.717, 1.165) is 11.3 Å². The van der Waals surface area contributed by atoms with E-state index in [9.17, 15) is 14.4 Å². The molecule has 0 radical (unpaired) electrons. The van der Waals surface area contributed by atoms with Crippen molar-refractivity contribution in [3.63, 3.8) is 0 Å². The first-order valence-electron chi connectivity index (χ1n) is 11.2. The number of carbonyl (C=O) groups is 3. The number of carbonyl (C=O) groups excluding carboxylic acids is 3. The average molecular weight is 523 g/mol. The van der Waals surface area contributed by atoms with Crippen LogP contribution in [0.2, 0.25) is 15.1 Å². The summed E-state index contributed by atoms with van der Waals surface area (Å²) in [4.78, 5) is 43.9. The smallest absolute Gasteiger partial charge is 0.180 e. The standard InChI is InChI=1S/C28H18Cl3NO3/c1-14(33)25-24(20-9-7-17(30)13-21(20)31)28(26(34)18-4-2-3-5-19(18)27(28)35)23-11-6-15-12-16(29)8-10-22(15)32(23)25/h2-13,23-25H,1H3/t23-,24-,25-/m0/s1. The molecular weight excluding hydrogens is 505 g/mol. The third-order valence-corrected chi connectivity index (χ3v) is 8.28. The first-order chi connectivity index (χ1) is 16.8. The summed E-state index contributed by atoms with van der Waals surface area (Å²) in [5.41, 5.74) is 1.27. The number of nitrogens with zero attached hydrogens (tertiary/aromatic N) is 1. The van der Waals surface area contributed by atoms with Crippen molar-refractivity contribution in [2.24, 2.45) is 5.41 Å². The predicted octanol–water partition coefficient (Wildman–Crippen LogP) is 6.67. The van der Waals surface area contributed by atoms with Crippen LogP contribution in [0.4, 0.5) is 5.69 Å². The first kappa shape index (κ1) is 22.5. The van der Waals surface area contributed by atoms with Gasteiger partial charge in [0, 0.05) is 37.8 Å². The number of rotatable bonds is 2. The van der Waals surface area contributed by atoms with Crippen LogP contribution < -0.4 is 4.90 Å². The fourth-order valence-electron chi connectivity index (χ4n) is 6.20. The second-order valence-electron chi connectivity index (χ2n) is 9.19. The van der Waals surface area contributed by atoms with Gasteiger partial charge in [-0.2, -0.15) is 0 Å². The van der Waals surface area contributed by atoms with Crippen molar-refractivity contribution in [1.29, 1.82) is 0 Å². The molecule has 0 N–H and O–H groups in total. The van der Waals surface area contributed by atoms with Gasteiger partial charge in [-0.3, -0.25) is 14.4 Å². The molecule has 2 heterocycles. The molecule has 1 fully saturated rings. The molecule has 3 aromatic rings. The van der Waals surface area contributed by atoms with Crippen LogP contribution in [0.15, 0.2) is 66.7 Å². The summed E-state index contributed by atoms with van der Waals surface area (Å²) in [6.07, 6.45) is 3.72. The van der Waals surface area contributed by atoms with Gasteiger partial charge in [-0.15, -0.1) is 0 Å². The highest BCUT2D eigenvalue weighted by Gasteiger charge is 2.71. The van der Waals surface area contributed by atoms with Crippen molar-refractivity contribution in [3.8, 4) is 0 Å². The number of anilines is 1. The summed E-state index contributed by atoms with van der Waals surface area (Å²) in [5.74, 6) is -1.59. The number of fused-ring (bicyclic) bond motifs is 5.